The summed E-state index contributed by atoms with van der Waals surface area (Å²) in [6, 6.07) is 0. The van der Waals surface area contributed by atoms with Crippen LogP contribution < -0.4 is 0 Å². The summed E-state index contributed by atoms with van der Waals surface area (Å²) in [5.74, 6) is 3.40. The topological polar surface area (TPSA) is 17.8 Å². The molecule has 0 amide bonds. The summed E-state index contributed by atoms with van der Waals surface area (Å²) in [7, 11) is 1.92. The minimum atomic E-state index is 0.704. The quantitative estimate of drug-likeness (QED) is 0.461. The summed E-state index contributed by atoms with van der Waals surface area (Å²) in [6.07, 6.45) is 6.93. The van der Waals surface area contributed by atoms with E-state index >= 15 is 0 Å². The van der Waals surface area contributed by atoms with E-state index in [1.54, 1.807) is 0 Å². The van der Waals surface area contributed by atoms with Crippen molar-refractivity contribution in [3.05, 3.63) is 17.7 Å². The SMILES string of the molecule is C#Cc1cn(C)c(C)n1. The Bertz CT molecular complexity index is 233. The molecule has 0 radical (unpaired) electrons. The van der Waals surface area contributed by atoms with E-state index < -0.39 is 0 Å². The van der Waals surface area contributed by atoms with E-state index in [4.69, 9.17) is 6.42 Å². The van der Waals surface area contributed by atoms with Crippen LogP contribution in [0.1, 0.15) is 11.5 Å². The van der Waals surface area contributed by atoms with E-state index in [0.717, 1.165) is 5.82 Å². The average molecular weight is 120 g/mol. The van der Waals surface area contributed by atoms with Crippen molar-refractivity contribution in [2.75, 3.05) is 0 Å². The zero-order chi connectivity index (χ0) is 6.85. The lowest BCUT2D eigenvalue weighted by Gasteiger charge is -1.87. The first-order chi connectivity index (χ1) is 4.24. The minimum absolute atomic E-state index is 0.704. The second kappa shape index (κ2) is 1.94. The molecule has 0 aromatic carbocycles. The van der Waals surface area contributed by atoms with Gasteiger partial charge < -0.3 is 4.57 Å². The highest BCUT2D eigenvalue weighted by molar-refractivity contribution is 5.22. The van der Waals surface area contributed by atoms with Gasteiger partial charge in [0.2, 0.25) is 0 Å². The fourth-order valence-corrected chi connectivity index (χ4v) is 0.628. The number of hydrogen-bond donors (Lipinski definition) is 0. The van der Waals surface area contributed by atoms with Crippen LogP contribution in [0, 0.1) is 19.3 Å². The Kier molecular flexibility index (Phi) is 1.27. The van der Waals surface area contributed by atoms with Crippen molar-refractivity contribution in [3.8, 4) is 12.3 Å². The van der Waals surface area contributed by atoms with E-state index in [1.165, 1.54) is 0 Å². The van der Waals surface area contributed by atoms with Crippen molar-refractivity contribution in [1.82, 2.24) is 9.55 Å². The van der Waals surface area contributed by atoms with Crippen molar-refractivity contribution >= 4 is 0 Å². The number of nitrogens with zero attached hydrogens (tertiary/aromatic N) is 2. The molecule has 0 aliphatic heterocycles. The number of rotatable bonds is 0. The van der Waals surface area contributed by atoms with Crippen LogP contribution in [0.15, 0.2) is 6.20 Å². The Balaban J connectivity index is 3.16. The number of aromatic nitrogens is 2. The van der Waals surface area contributed by atoms with Gasteiger partial charge in [0.1, 0.15) is 11.5 Å². The van der Waals surface area contributed by atoms with Crippen LogP contribution in [0.25, 0.3) is 0 Å². The molecule has 0 fully saturated rings. The fraction of sp³-hybridized carbons (Fsp3) is 0.286. The Morgan fingerprint density at radius 1 is 1.78 bits per heavy atom. The lowest BCUT2D eigenvalue weighted by molar-refractivity contribution is 0.858. The van der Waals surface area contributed by atoms with Crippen LogP contribution in [-0.4, -0.2) is 9.55 Å². The summed E-state index contributed by atoms with van der Waals surface area (Å²) in [5.41, 5.74) is 0.704. The maximum Gasteiger partial charge on any atom is 0.131 e. The van der Waals surface area contributed by atoms with Crippen LogP contribution in [0.2, 0.25) is 0 Å². The van der Waals surface area contributed by atoms with Gasteiger partial charge in [-0.2, -0.15) is 0 Å². The molecule has 0 bridgehead atoms. The maximum absolute atomic E-state index is 5.11. The lowest BCUT2D eigenvalue weighted by atomic mass is 10.5. The van der Waals surface area contributed by atoms with Crippen LogP contribution in [0.3, 0.4) is 0 Å². The summed E-state index contributed by atoms with van der Waals surface area (Å²) >= 11 is 0. The van der Waals surface area contributed by atoms with E-state index in [9.17, 15) is 0 Å². The molecule has 0 N–H and O–H groups in total. The van der Waals surface area contributed by atoms with E-state index in [2.05, 4.69) is 10.9 Å². The molecule has 1 aromatic rings. The monoisotopic (exact) mass is 120 g/mol. The van der Waals surface area contributed by atoms with Gasteiger partial charge in [-0.3, -0.25) is 0 Å². The Morgan fingerprint density at radius 2 is 2.44 bits per heavy atom. The molecular formula is C7H8N2. The molecular weight excluding hydrogens is 112 g/mol. The second-order valence-electron chi connectivity index (χ2n) is 1.93. The smallest absolute Gasteiger partial charge is 0.131 e. The molecule has 1 aromatic heterocycles. The van der Waals surface area contributed by atoms with E-state index in [0.29, 0.717) is 5.69 Å². The van der Waals surface area contributed by atoms with E-state index in [1.807, 2.05) is 24.7 Å². The van der Waals surface area contributed by atoms with Gasteiger partial charge in [0.15, 0.2) is 0 Å². The predicted molar refractivity (Wildman–Crippen MR) is 35.9 cm³/mol. The Hall–Kier alpha value is -1.23. The van der Waals surface area contributed by atoms with Crippen LogP contribution in [0.4, 0.5) is 0 Å². The van der Waals surface area contributed by atoms with Gasteiger partial charge >= 0.3 is 0 Å². The van der Waals surface area contributed by atoms with Gasteiger partial charge in [-0.1, -0.05) is 0 Å². The summed E-state index contributed by atoms with van der Waals surface area (Å²) < 4.78 is 1.90. The average Bonchev–Trinajstić information content (AvgIpc) is 2.13. The number of aryl methyl sites for hydroxylation is 2. The first-order valence-electron chi connectivity index (χ1n) is 2.70. The Morgan fingerprint density at radius 3 is 2.67 bits per heavy atom. The van der Waals surface area contributed by atoms with Gasteiger partial charge in [0.25, 0.3) is 0 Å². The molecule has 46 valence electrons. The highest BCUT2D eigenvalue weighted by atomic mass is 15.0. The summed E-state index contributed by atoms with van der Waals surface area (Å²) in [4.78, 5) is 4.06. The predicted octanol–water partition coefficient (Wildman–Crippen LogP) is 0.710. The van der Waals surface area contributed by atoms with E-state index in [-0.39, 0.29) is 0 Å². The number of hydrogen-bond acceptors (Lipinski definition) is 1. The zero-order valence-corrected chi connectivity index (χ0v) is 5.55. The number of imidazole rings is 1. The molecule has 2 nitrogen and oxygen atoms in total. The summed E-state index contributed by atoms with van der Waals surface area (Å²) in [5, 5.41) is 0. The van der Waals surface area contributed by atoms with Crippen molar-refractivity contribution in [2.24, 2.45) is 7.05 Å². The van der Waals surface area contributed by atoms with Gasteiger partial charge in [0, 0.05) is 13.2 Å². The van der Waals surface area contributed by atoms with Gasteiger partial charge in [-0.25, -0.2) is 4.98 Å². The molecule has 1 heterocycles. The molecule has 0 aliphatic rings. The first-order valence-corrected chi connectivity index (χ1v) is 2.70. The fourth-order valence-electron chi connectivity index (χ4n) is 0.628. The molecule has 1 rings (SSSR count). The van der Waals surface area contributed by atoms with Crippen molar-refractivity contribution in [3.63, 3.8) is 0 Å². The highest BCUT2D eigenvalue weighted by Crippen LogP contribution is 1.96. The highest BCUT2D eigenvalue weighted by Gasteiger charge is 1.94. The molecule has 0 spiro atoms. The molecule has 0 unspecified atom stereocenters. The molecule has 0 aliphatic carbocycles. The third-order valence-corrected chi connectivity index (χ3v) is 1.26. The minimum Gasteiger partial charge on any atom is -0.337 e. The molecule has 0 saturated carbocycles. The van der Waals surface area contributed by atoms with Crippen LogP contribution in [-0.2, 0) is 7.05 Å². The summed E-state index contributed by atoms with van der Waals surface area (Å²) in [6.45, 7) is 1.92. The second-order valence-corrected chi connectivity index (χ2v) is 1.93. The first kappa shape index (κ1) is 5.90. The standard InChI is InChI=1S/C7H8N2/c1-4-7-5-9(3)6(2)8-7/h1,5H,2-3H3. The van der Waals surface area contributed by atoms with Crippen LogP contribution >= 0.6 is 0 Å². The normalized spacial score (nSPS) is 9.00. The third-order valence-electron chi connectivity index (χ3n) is 1.26. The maximum atomic E-state index is 5.11. The van der Waals surface area contributed by atoms with Gasteiger partial charge in [0.05, 0.1) is 0 Å². The zero-order valence-electron chi connectivity index (χ0n) is 5.55. The van der Waals surface area contributed by atoms with Crippen LogP contribution in [0.5, 0.6) is 0 Å². The molecule has 0 atom stereocenters. The van der Waals surface area contributed by atoms with Crippen molar-refractivity contribution in [1.29, 1.82) is 0 Å². The lowest BCUT2D eigenvalue weighted by Crippen LogP contribution is -1.86. The molecule has 9 heavy (non-hydrogen) atoms. The van der Waals surface area contributed by atoms with Gasteiger partial charge in [-0.15, -0.1) is 6.42 Å². The number of terminal acetylenes is 1. The molecule has 2 heteroatoms. The van der Waals surface area contributed by atoms with Crippen molar-refractivity contribution in [2.45, 2.75) is 6.92 Å². The van der Waals surface area contributed by atoms with Crippen molar-refractivity contribution < 1.29 is 0 Å². The van der Waals surface area contributed by atoms with Gasteiger partial charge in [-0.05, 0) is 12.8 Å². The molecule has 0 saturated heterocycles. The largest absolute Gasteiger partial charge is 0.337 e. The third kappa shape index (κ3) is 0.945. The Labute approximate surface area is 54.5 Å².